The Hall–Kier alpha value is -2.56. The molecule has 1 atom stereocenters. The summed E-state index contributed by atoms with van der Waals surface area (Å²) in [6, 6.07) is 5.90. The lowest BCUT2D eigenvalue weighted by molar-refractivity contribution is 0.0601. The van der Waals surface area contributed by atoms with E-state index in [0.717, 1.165) is 37.3 Å². The number of aryl methyl sites for hydroxylation is 2. The number of ether oxygens (including phenoxy) is 1. The number of nitrogens with zero attached hydrogens (tertiary/aromatic N) is 3. The molecule has 0 saturated carbocycles. The zero-order chi connectivity index (χ0) is 17.6. The Morgan fingerprint density at radius 3 is 2.96 bits per heavy atom. The summed E-state index contributed by atoms with van der Waals surface area (Å²) in [5.41, 5.74) is 4.24. The van der Waals surface area contributed by atoms with Crippen molar-refractivity contribution in [3.05, 3.63) is 41.7 Å². The summed E-state index contributed by atoms with van der Waals surface area (Å²) in [5.74, 6) is 1.16. The molecule has 25 heavy (non-hydrogen) atoms. The van der Waals surface area contributed by atoms with Crippen molar-refractivity contribution in [2.45, 2.75) is 45.7 Å². The SMILES string of the molecule is CCC(C)c1c2n(c3cc(C(=O)OC)ccc13)CCCn1ccnc1-2. The van der Waals surface area contributed by atoms with Crippen molar-refractivity contribution in [2.24, 2.45) is 0 Å². The molecule has 5 nitrogen and oxygen atoms in total. The molecular formula is C20H23N3O2. The van der Waals surface area contributed by atoms with E-state index in [4.69, 9.17) is 4.74 Å². The molecule has 4 rings (SSSR count). The number of hydrogen-bond acceptors (Lipinski definition) is 3. The molecular weight excluding hydrogens is 314 g/mol. The van der Waals surface area contributed by atoms with Crippen LogP contribution in [0.1, 0.15) is 48.5 Å². The lowest BCUT2D eigenvalue weighted by Gasteiger charge is -2.12. The third kappa shape index (κ3) is 2.37. The molecule has 0 saturated heterocycles. The van der Waals surface area contributed by atoms with Crippen LogP contribution in [0.25, 0.3) is 22.4 Å². The van der Waals surface area contributed by atoms with Crippen LogP contribution in [0.4, 0.5) is 0 Å². The third-order valence-corrected chi connectivity index (χ3v) is 5.34. The van der Waals surface area contributed by atoms with Crippen LogP contribution >= 0.6 is 0 Å². The first kappa shape index (κ1) is 15.9. The Morgan fingerprint density at radius 2 is 2.20 bits per heavy atom. The predicted octanol–water partition coefficient (Wildman–Crippen LogP) is 4.21. The summed E-state index contributed by atoms with van der Waals surface area (Å²) >= 11 is 0. The Labute approximate surface area is 147 Å². The van der Waals surface area contributed by atoms with Gasteiger partial charge >= 0.3 is 5.97 Å². The van der Waals surface area contributed by atoms with Gasteiger partial charge in [-0.1, -0.05) is 19.9 Å². The van der Waals surface area contributed by atoms with E-state index >= 15 is 0 Å². The van der Waals surface area contributed by atoms with Crippen molar-refractivity contribution in [3.63, 3.8) is 0 Å². The number of carbonyl (C=O) groups is 1. The summed E-state index contributed by atoms with van der Waals surface area (Å²) in [7, 11) is 1.42. The zero-order valence-electron chi connectivity index (χ0n) is 15.0. The summed E-state index contributed by atoms with van der Waals surface area (Å²) in [4.78, 5) is 16.7. The van der Waals surface area contributed by atoms with Gasteiger partial charge in [-0.05, 0) is 36.5 Å². The molecule has 0 N–H and O–H groups in total. The minimum Gasteiger partial charge on any atom is -0.465 e. The van der Waals surface area contributed by atoms with Crippen LogP contribution < -0.4 is 0 Å². The Balaban J connectivity index is 2.07. The summed E-state index contributed by atoms with van der Waals surface area (Å²) in [6.07, 6.45) is 6.04. The third-order valence-electron chi connectivity index (χ3n) is 5.34. The first-order valence-corrected chi connectivity index (χ1v) is 8.91. The fourth-order valence-corrected chi connectivity index (χ4v) is 3.90. The number of hydrogen-bond donors (Lipinski definition) is 0. The number of aromatic nitrogens is 3. The Bertz CT molecular complexity index is 951. The molecule has 3 heterocycles. The van der Waals surface area contributed by atoms with E-state index in [9.17, 15) is 4.79 Å². The predicted molar refractivity (Wildman–Crippen MR) is 97.8 cm³/mol. The fourth-order valence-electron chi connectivity index (χ4n) is 3.90. The monoisotopic (exact) mass is 337 g/mol. The van der Waals surface area contributed by atoms with Crippen LogP contribution in [0.2, 0.25) is 0 Å². The average Bonchev–Trinajstić information content (AvgIpc) is 3.18. The van der Waals surface area contributed by atoms with Crippen molar-refractivity contribution in [1.82, 2.24) is 14.1 Å². The largest absolute Gasteiger partial charge is 0.465 e. The molecule has 0 bridgehead atoms. The number of benzene rings is 1. The normalized spacial score (nSPS) is 14.7. The molecule has 130 valence electrons. The molecule has 3 aromatic rings. The molecule has 1 aliphatic rings. The summed E-state index contributed by atoms with van der Waals surface area (Å²) < 4.78 is 9.49. The average molecular weight is 337 g/mol. The highest BCUT2D eigenvalue weighted by Gasteiger charge is 2.26. The molecule has 1 aliphatic heterocycles. The van der Waals surface area contributed by atoms with Gasteiger partial charge in [0.2, 0.25) is 0 Å². The minimum atomic E-state index is -0.294. The highest BCUT2D eigenvalue weighted by molar-refractivity contribution is 5.98. The molecule has 0 aliphatic carbocycles. The van der Waals surface area contributed by atoms with Crippen LogP contribution in [0, 0.1) is 0 Å². The van der Waals surface area contributed by atoms with E-state index < -0.39 is 0 Å². The van der Waals surface area contributed by atoms with Gasteiger partial charge in [0.1, 0.15) is 0 Å². The van der Waals surface area contributed by atoms with Crippen LogP contribution in [0.3, 0.4) is 0 Å². The van der Waals surface area contributed by atoms with Gasteiger partial charge in [0, 0.05) is 36.4 Å². The van der Waals surface area contributed by atoms with E-state index in [1.54, 1.807) is 0 Å². The smallest absolute Gasteiger partial charge is 0.337 e. The van der Waals surface area contributed by atoms with E-state index in [-0.39, 0.29) is 5.97 Å². The van der Waals surface area contributed by atoms with Gasteiger partial charge in [0.05, 0.1) is 18.4 Å². The summed E-state index contributed by atoms with van der Waals surface area (Å²) in [6.45, 7) is 6.37. The van der Waals surface area contributed by atoms with Crippen LogP contribution in [-0.4, -0.2) is 27.2 Å². The van der Waals surface area contributed by atoms with Crippen molar-refractivity contribution in [1.29, 1.82) is 0 Å². The molecule has 5 heteroatoms. The maximum atomic E-state index is 12.0. The second kappa shape index (κ2) is 6.06. The van der Waals surface area contributed by atoms with Gasteiger partial charge in [-0.15, -0.1) is 0 Å². The van der Waals surface area contributed by atoms with E-state index in [1.165, 1.54) is 23.8 Å². The number of fused-ring (bicyclic) bond motifs is 5. The van der Waals surface area contributed by atoms with Gasteiger partial charge in [0.15, 0.2) is 5.82 Å². The molecule has 0 amide bonds. The number of carbonyl (C=O) groups excluding carboxylic acids is 1. The van der Waals surface area contributed by atoms with E-state index in [0.29, 0.717) is 11.5 Å². The molecule has 1 aromatic carbocycles. The van der Waals surface area contributed by atoms with Gasteiger partial charge < -0.3 is 13.9 Å². The highest BCUT2D eigenvalue weighted by Crippen LogP contribution is 2.40. The number of esters is 1. The standard InChI is InChI=1S/C20H23N3O2/c1-4-13(2)17-15-7-6-14(20(24)25-3)12-16(15)23-10-5-9-22-11-8-21-19(22)18(17)23/h6-8,11-13H,4-5,9-10H2,1-3H3. The van der Waals surface area contributed by atoms with Crippen molar-refractivity contribution in [3.8, 4) is 11.5 Å². The molecule has 2 aromatic heterocycles. The maximum Gasteiger partial charge on any atom is 0.337 e. The van der Waals surface area contributed by atoms with Gasteiger partial charge in [0.25, 0.3) is 0 Å². The molecule has 0 spiro atoms. The van der Waals surface area contributed by atoms with Crippen molar-refractivity contribution in [2.75, 3.05) is 7.11 Å². The topological polar surface area (TPSA) is 49.0 Å². The molecule has 0 fully saturated rings. The first-order valence-electron chi connectivity index (χ1n) is 8.91. The van der Waals surface area contributed by atoms with Crippen molar-refractivity contribution < 1.29 is 9.53 Å². The van der Waals surface area contributed by atoms with Crippen LogP contribution in [0.5, 0.6) is 0 Å². The summed E-state index contributed by atoms with van der Waals surface area (Å²) in [5, 5.41) is 1.22. The van der Waals surface area contributed by atoms with Crippen molar-refractivity contribution >= 4 is 16.9 Å². The molecule has 1 unspecified atom stereocenters. The fraction of sp³-hybridized carbons (Fsp3) is 0.400. The highest BCUT2D eigenvalue weighted by atomic mass is 16.5. The number of rotatable bonds is 3. The minimum absolute atomic E-state index is 0.294. The zero-order valence-corrected chi connectivity index (χ0v) is 15.0. The number of imidazole rings is 1. The van der Waals surface area contributed by atoms with Gasteiger partial charge in [-0.3, -0.25) is 0 Å². The molecule has 0 radical (unpaired) electrons. The second-order valence-corrected chi connectivity index (χ2v) is 6.74. The first-order chi connectivity index (χ1) is 12.2. The van der Waals surface area contributed by atoms with Gasteiger partial charge in [-0.2, -0.15) is 0 Å². The van der Waals surface area contributed by atoms with Crippen LogP contribution in [0.15, 0.2) is 30.6 Å². The quantitative estimate of drug-likeness (QED) is 0.673. The lowest BCUT2D eigenvalue weighted by Crippen LogP contribution is -2.03. The number of methoxy groups -OCH3 is 1. The Kier molecular flexibility index (Phi) is 3.86. The van der Waals surface area contributed by atoms with Crippen LogP contribution in [-0.2, 0) is 17.8 Å². The lowest BCUT2D eigenvalue weighted by atomic mass is 9.94. The maximum absolute atomic E-state index is 12.0. The van der Waals surface area contributed by atoms with E-state index in [2.05, 4.69) is 40.2 Å². The van der Waals surface area contributed by atoms with Gasteiger partial charge in [-0.25, -0.2) is 9.78 Å². The second-order valence-electron chi connectivity index (χ2n) is 6.74. The van der Waals surface area contributed by atoms with E-state index in [1.807, 2.05) is 18.3 Å². The Morgan fingerprint density at radius 1 is 1.36 bits per heavy atom.